The number of rotatable bonds is 5. The highest BCUT2D eigenvalue weighted by Crippen LogP contribution is 1.86. The summed E-state index contributed by atoms with van der Waals surface area (Å²) in [6.45, 7) is 1.94. The average Bonchev–Trinajstić information content (AvgIpc) is 1.89. The van der Waals surface area contributed by atoms with Gasteiger partial charge in [-0.1, -0.05) is 17.7 Å². The van der Waals surface area contributed by atoms with Crippen molar-refractivity contribution >= 4 is 23.4 Å². The standard InChI is InChI=1S/C6H12ClNS/c1-9-6-5-8-4-2-3-7/h2-3,8H,4-6H2,1H3/b3-2+. The molecule has 0 aromatic heterocycles. The molecule has 0 spiro atoms. The van der Waals surface area contributed by atoms with Crippen LogP contribution < -0.4 is 5.32 Å². The maximum absolute atomic E-state index is 5.29. The van der Waals surface area contributed by atoms with Gasteiger partial charge in [-0.25, -0.2) is 0 Å². The van der Waals surface area contributed by atoms with E-state index in [4.69, 9.17) is 11.6 Å². The molecule has 0 amide bonds. The molecule has 0 aliphatic rings. The molecule has 0 bridgehead atoms. The van der Waals surface area contributed by atoms with Crippen molar-refractivity contribution in [3.8, 4) is 0 Å². The summed E-state index contributed by atoms with van der Waals surface area (Å²) in [6, 6.07) is 0. The van der Waals surface area contributed by atoms with Gasteiger partial charge < -0.3 is 5.32 Å². The summed E-state index contributed by atoms with van der Waals surface area (Å²) in [4.78, 5) is 0. The molecule has 0 heterocycles. The summed E-state index contributed by atoms with van der Waals surface area (Å²) in [6.07, 6.45) is 3.99. The molecule has 0 aliphatic carbocycles. The van der Waals surface area contributed by atoms with Crippen molar-refractivity contribution in [1.82, 2.24) is 5.32 Å². The average molecular weight is 166 g/mol. The second-order valence-electron chi connectivity index (χ2n) is 1.56. The molecule has 3 heteroatoms. The van der Waals surface area contributed by atoms with E-state index in [2.05, 4.69) is 11.6 Å². The second-order valence-corrected chi connectivity index (χ2v) is 2.80. The van der Waals surface area contributed by atoms with Gasteiger partial charge in [0.2, 0.25) is 0 Å². The fourth-order valence-corrected chi connectivity index (χ4v) is 0.842. The molecule has 0 unspecified atom stereocenters. The molecular formula is C6H12ClNS. The number of hydrogen-bond donors (Lipinski definition) is 1. The Labute approximate surface area is 65.9 Å². The third kappa shape index (κ3) is 8.34. The molecule has 0 fully saturated rings. The van der Waals surface area contributed by atoms with Crippen molar-refractivity contribution in [3.05, 3.63) is 11.6 Å². The van der Waals surface area contributed by atoms with Gasteiger partial charge in [0.05, 0.1) is 0 Å². The van der Waals surface area contributed by atoms with Crippen LogP contribution in [0.4, 0.5) is 0 Å². The van der Waals surface area contributed by atoms with Crippen LogP contribution in [0.15, 0.2) is 11.6 Å². The Morgan fingerprint density at radius 1 is 1.67 bits per heavy atom. The van der Waals surface area contributed by atoms with Crippen LogP contribution in [0.25, 0.3) is 0 Å². The minimum atomic E-state index is 0.879. The molecule has 0 saturated carbocycles. The van der Waals surface area contributed by atoms with Crippen molar-refractivity contribution in [1.29, 1.82) is 0 Å². The van der Waals surface area contributed by atoms with Crippen LogP contribution in [-0.2, 0) is 0 Å². The summed E-state index contributed by atoms with van der Waals surface area (Å²) in [5.74, 6) is 1.16. The Hall–Kier alpha value is 0.340. The van der Waals surface area contributed by atoms with Gasteiger partial charge in [-0.2, -0.15) is 11.8 Å². The molecule has 1 nitrogen and oxygen atoms in total. The Kier molecular flexibility index (Phi) is 8.66. The van der Waals surface area contributed by atoms with E-state index in [1.54, 1.807) is 0 Å². The molecule has 1 N–H and O–H groups in total. The predicted octanol–water partition coefficient (Wildman–Crippen LogP) is 1.69. The fraction of sp³-hybridized carbons (Fsp3) is 0.667. The highest BCUT2D eigenvalue weighted by Gasteiger charge is 1.79. The molecule has 9 heavy (non-hydrogen) atoms. The normalized spacial score (nSPS) is 10.9. The topological polar surface area (TPSA) is 12.0 Å². The van der Waals surface area contributed by atoms with E-state index in [0.29, 0.717) is 0 Å². The van der Waals surface area contributed by atoms with E-state index in [1.807, 2.05) is 17.8 Å². The smallest absolute Gasteiger partial charge is 0.0146 e. The number of halogens is 1. The maximum atomic E-state index is 5.29. The molecule has 0 rings (SSSR count). The van der Waals surface area contributed by atoms with Gasteiger partial charge in [0.15, 0.2) is 0 Å². The zero-order valence-electron chi connectivity index (χ0n) is 5.56. The first-order valence-corrected chi connectivity index (χ1v) is 4.69. The van der Waals surface area contributed by atoms with E-state index in [9.17, 15) is 0 Å². The molecule has 0 aromatic rings. The summed E-state index contributed by atoms with van der Waals surface area (Å²) in [7, 11) is 0. The SMILES string of the molecule is CSCCNC/C=C/Cl. The lowest BCUT2D eigenvalue weighted by Crippen LogP contribution is -2.16. The quantitative estimate of drug-likeness (QED) is 0.623. The third-order valence-electron chi connectivity index (χ3n) is 0.834. The van der Waals surface area contributed by atoms with Gasteiger partial charge in [0.1, 0.15) is 0 Å². The molecule has 0 aromatic carbocycles. The van der Waals surface area contributed by atoms with Crippen LogP contribution in [0.5, 0.6) is 0 Å². The Balaban J connectivity index is 2.75. The van der Waals surface area contributed by atoms with Crippen molar-refractivity contribution in [2.75, 3.05) is 25.1 Å². The van der Waals surface area contributed by atoms with E-state index < -0.39 is 0 Å². The Morgan fingerprint density at radius 2 is 2.44 bits per heavy atom. The number of thioether (sulfide) groups is 1. The summed E-state index contributed by atoms with van der Waals surface area (Å²) >= 11 is 7.13. The highest BCUT2D eigenvalue weighted by atomic mass is 35.5. The third-order valence-corrected chi connectivity index (χ3v) is 1.62. The van der Waals surface area contributed by atoms with Gasteiger partial charge in [0.25, 0.3) is 0 Å². The van der Waals surface area contributed by atoms with E-state index >= 15 is 0 Å². The summed E-state index contributed by atoms with van der Waals surface area (Å²) < 4.78 is 0. The lowest BCUT2D eigenvalue weighted by molar-refractivity contribution is 0.807. The van der Waals surface area contributed by atoms with Crippen molar-refractivity contribution in [3.63, 3.8) is 0 Å². The lowest BCUT2D eigenvalue weighted by Gasteiger charge is -1.96. The Morgan fingerprint density at radius 3 is 3.00 bits per heavy atom. The largest absolute Gasteiger partial charge is 0.312 e. The van der Waals surface area contributed by atoms with Crippen molar-refractivity contribution in [2.45, 2.75) is 0 Å². The lowest BCUT2D eigenvalue weighted by atomic mass is 10.6. The summed E-state index contributed by atoms with van der Waals surface area (Å²) in [5, 5.41) is 3.20. The van der Waals surface area contributed by atoms with Gasteiger partial charge in [0, 0.05) is 24.4 Å². The van der Waals surface area contributed by atoms with Gasteiger partial charge in [-0.05, 0) is 6.26 Å². The minimum Gasteiger partial charge on any atom is -0.312 e. The van der Waals surface area contributed by atoms with E-state index in [0.717, 1.165) is 18.8 Å². The molecular weight excluding hydrogens is 154 g/mol. The minimum absolute atomic E-state index is 0.879. The zero-order chi connectivity index (χ0) is 6.95. The van der Waals surface area contributed by atoms with Crippen LogP contribution in [0, 0.1) is 0 Å². The predicted molar refractivity (Wildman–Crippen MR) is 46.2 cm³/mol. The number of hydrogen-bond acceptors (Lipinski definition) is 2. The van der Waals surface area contributed by atoms with Crippen LogP contribution in [0.3, 0.4) is 0 Å². The van der Waals surface area contributed by atoms with E-state index in [1.165, 1.54) is 5.54 Å². The fourth-order valence-electron chi connectivity index (χ4n) is 0.404. The van der Waals surface area contributed by atoms with Gasteiger partial charge in [-0.15, -0.1) is 0 Å². The molecule has 0 atom stereocenters. The molecule has 54 valence electrons. The van der Waals surface area contributed by atoms with Crippen molar-refractivity contribution in [2.24, 2.45) is 0 Å². The van der Waals surface area contributed by atoms with Crippen LogP contribution in [-0.4, -0.2) is 25.1 Å². The first-order valence-electron chi connectivity index (χ1n) is 2.86. The van der Waals surface area contributed by atoms with E-state index in [-0.39, 0.29) is 0 Å². The Bertz CT molecular complexity index is 75.5. The maximum Gasteiger partial charge on any atom is 0.0146 e. The first kappa shape index (κ1) is 9.34. The van der Waals surface area contributed by atoms with Crippen molar-refractivity contribution < 1.29 is 0 Å². The summed E-state index contributed by atoms with van der Waals surface area (Å²) in [5.41, 5.74) is 1.53. The number of nitrogens with one attached hydrogen (secondary N) is 1. The second kappa shape index (κ2) is 8.34. The van der Waals surface area contributed by atoms with Crippen LogP contribution in [0.2, 0.25) is 0 Å². The van der Waals surface area contributed by atoms with Gasteiger partial charge in [-0.3, -0.25) is 0 Å². The molecule has 0 aliphatic heterocycles. The van der Waals surface area contributed by atoms with Crippen LogP contribution >= 0.6 is 23.4 Å². The molecule has 0 radical (unpaired) electrons. The first-order chi connectivity index (χ1) is 4.41. The zero-order valence-corrected chi connectivity index (χ0v) is 7.13. The monoisotopic (exact) mass is 165 g/mol. The molecule has 0 saturated heterocycles. The highest BCUT2D eigenvalue weighted by molar-refractivity contribution is 7.98. The van der Waals surface area contributed by atoms with Crippen LogP contribution in [0.1, 0.15) is 0 Å². The van der Waals surface area contributed by atoms with Gasteiger partial charge >= 0.3 is 0 Å².